The lowest BCUT2D eigenvalue weighted by molar-refractivity contribution is -0.171. The van der Waals surface area contributed by atoms with Crippen molar-refractivity contribution in [3.63, 3.8) is 0 Å². The lowest BCUT2D eigenvalue weighted by Gasteiger charge is -2.51. The number of rotatable bonds is 20. The van der Waals surface area contributed by atoms with Gasteiger partial charge in [0.25, 0.3) is 0 Å². The summed E-state index contributed by atoms with van der Waals surface area (Å²) in [5, 5.41) is 0. The monoisotopic (exact) mass is 724 g/mol. The van der Waals surface area contributed by atoms with Gasteiger partial charge in [0.1, 0.15) is 37.9 Å². The highest BCUT2D eigenvalue weighted by Gasteiger charge is 2.53. The second-order valence-electron chi connectivity index (χ2n) is 13.7. The fourth-order valence-electron chi connectivity index (χ4n) is 5.20. The van der Waals surface area contributed by atoms with Crippen LogP contribution in [-0.4, -0.2) is 77.6 Å². The van der Waals surface area contributed by atoms with Gasteiger partial charge in [-0.25, -0.2) is 9.59 Å². The average molecular weight is 725 g/mol. The molecule has 0 N–H and O–H groups in total. The first-order valence-electron chi connectivity index (χ1n) is 16.9. The lowest BCUT2D eigenvalue weighted by Crippen LogP contribution is -2.50. The summed E-state index contributed by atoms with van der Waals surface area (Å²) in [7, 11) is 3.87. The van der Waals surface area contributed by atoms with E-state index in [1.54, 1.807) is 74.5 Å². The molecule has 52 heavy (non-hydrogen) atoms. The van der Waals surface area contributed by atoms with E-state index in [9.17, 15) is 24.0 Å². The van der Waals surface area contributed by atoms with Crippen molar-refractivity contribution in [2.45, 2.75) is 54.4 Å². The average Bonchev–Trinajstić information content (AvgIpc) is 3.13. The Balaban J connectivity index is 1.97. The minimum atomic E-state index is -1.01. The summed E-state index contributed by atoms with van der Waals surface area (Å²) in [4.78, 5) is 61.7. The van der Waals surface area contributed by atoms with Gasteiger partial charge in [-0.3, -0.25) is 14.4 Å². The molecule has 0 saturated carbocycles. The molecule has 1 unspecified atom stereocenters. The number of ether oxygens (including phenoxy) is 7. The van der Waals surface area contributed by atoms with E-state index in [4.69, 9.17) is 23.7 Å². The number of hydrogen-bond acceptors (Lipinski definition) is 12. The maximum absolute atomic E-state index is 13.5. The van der Waals surface area contributed by atoms with Crippen molar-refractivity contribution in [2.75, 3.05) is 47.8 Å². The van der Waals surface area contributed by atoms with Crippen LogP contribution in [0, 0.1) is 22.2 Å². The van der Waals surface area contributed by atoms with E-state index in [2.05, 4.69) is 9.47 Å². The maximum Gasteiger partial charge on any atom is 0.330 e. The van der Waals surface area contributed by atoms with Crippen molar-refractivity contribution >= 4 is 42.0 Å². The fourth-order valence-corrected chi connectivity index (χ4v) is 5.20. The summed E-state index contributed by atoms with van der Waals surface area (Å²) in [6.07, 6.45) is 5.90. The Morgan fingerprint density at radius 2 is 1.06 bits per heavy atom. The molecule has 12 nitrogen and oxygen atoms in total. The van der Waals surface area contributed by atoms with E-state index in [-0.39, 0.29) is 39.3 Å². The van der Waals surface area contributed by atoms with E-state index in [0.29, 0.717) is 11.5 Å². The van der Waals surface area contributed by atoms with Gasteiger partial charge in [0, 0.05) is 12.2 Å². The molecule has 284 valence electrons. The summed E-state index contributed by atoms with van der Waals surface area (Å²) >= 11 is 0. The van der Waals surface area contributed by atoms with Crippen molar-refractivity contribution in [3.8, 4) is 11.5 Å². The van der Waals surface area contributed by atoms with Crippen LogP contribution in [0.25, 0.3) is 12.2 Å². The normalized spacial score (nSPS) is 12.6. The molecule has 0 fully saturated rings. The molecule has 0 amide bonds. The summed E-state index contributed by atoms with van der Waals surface area (Å²) in [6, 6.07) is 14.0. The Morgan fingerprint density at radius 3 is 1.48 bits per heavy atom. The number of methoxy groups -OCH3 is 3. The van der Waals surface area contributed by atoms with Crippen LogP contribution >= 0.6 is 0 Å². The maximum atomic E-state index is 13.5. The molecule has 0 aliphatic heterocycles. The van der Waals surface area contributed by atoms with Crippen LogP contribution in [0.1, 0.15) is 65.5 Å². The summed E-state index contributed by atoms with van der Waals surface area (Å²) in [6.45, 7) is 11.5. The minimum absolute atomic E-state index is 0.0126. The molecule has 1 atom stereocenters. The third-order valence-electron chi connectivity index (χ3n) is 9.66. The standard InChI is InChI=1S/C40H52O12/c1-38(2,40(5,6)39(3,4)37(45)52-25-23-50-32-18-12-29(13-19-32)15-21-34(42)47-8)27-30(26-35(43)48-9)36(44)51-24-22-49-31-16-10-28(11-17-31)14-20-33(41)46-7/h10-21,30H,22-27H2,1-9H3/b20-14+,21-15+. The quantitative estimate of drug-likeness (QED) is 0.0657. The Labute approximate surface area is 306 Å². The SMILES string of the molecule is COC(=O)/C=C/c1ccc(OCCOC(=O)C(CC(=O)OC)CC(C)(C)C(C)(C)C(C)(C)C(=O)OCCOc2ccc(/C=C/C(=O)OC)cc2)cc1. The zero-order valence-electron chi connectivity index (χ0n) is 31.6. The van der Waals surface area contributed by atoms with Crippen LogP contribution in [0.4, 0.5) is 0 Å². The summed E-state index contributed by atoms with van der Waals surface area (Å²) < 4.78 is 36.7. The molecule has 2 aromatic carbocycles. The van der Waals surface area contributed by atoms with Crippen LogP contribution in [0.5, 0.6) is 11.5 Å². The van der Waals surface area contributed by atoms with Gasteiger partial charge in [0.05, 0.1) is 39.1 Å². The highest BCUT2D eigenvalue weighted by Crippen LogP contribution is 2.55. The van der Waals surface area contributed by atoms with Gasteiger partial charge in [-0.2, -0.15) is 0 Å². The number of carbonyl (C=O) groups excluding carboxylic acids is 5. The zero-order chi connectivity index (χ0) is 39.0. The third kappa shape index (κ3) is 12.9. The van der Waals surface area contributed by atoms with Gasteiger partial charge < -0.3 is 33.2 Å². The van der Waals surface area contributed by atoms with Gasteiger partial charge in [0.2, 0.25) is 0 Å². The van der Waals surface area contributed by atoms with Gasteiger partial charge in [-0.1, -0.05) is 52.0 Å². The molecule has 0 aliphatic rings. The van der Waals surface area contributed by atoms with Crippen LogP contribution < -0.4 is 9.47 Å². The number of benzene rings is 2. The van der Waals surface area contributed by atoms with E-state index in [0.717, 1.165) is 11.1 Å². The second kappa shape index (κ2) is 20.0. The molecule has 0 spiro atoms. The molecule has 12 heteroatoms. The molecule has 2 rings (SSSR count). The highest BCUT2D eigenvalue weighted by molar-refractivity contribution is 5.87. The second-order valence-corrected chi connectivity index (χ2v) is 13.7. The molecule has 0 aliphatic carbocycles. The summed E-state index contributed by atoms with van der Waals surface area (Å²) in [5.41, 5.74) is -0.853. The number of carbonyl (C=O) groups is 5. The van der Waals surface area contributed by atoms with Gasteiger partial charge in [0.15, 0.2) is 0 Å². The minimum Gasteiger partial charge on any atom is -0.490 e. The fraction of sp³-hybridized carbons (Fsp3) is 0.475. The zero-order valence-corrected chi connectivity index (χ0v) is 31.6. The van der Waals surface area contributed by atoms with E-state index < -0.39 is 52.0 Å². The predicted molar refractivity (Wildman–Crippen MR) is 194 cm³/mol. The van der Waals surface area contributed by atoms with Crippen LogP contribution in [-0.2, 0) is 47.7 Å². The van der Waals surface area contributed by atoms with Gasteiger partial charge in [-0.05, 0) is 78.6 Å². The third-order valence-corrected chi connectivity index (χ3v) is 9.66. The molecule has 2 aromatic rings. The van der Waals surface area contributed by atoms with Crippen molar-refractivity contribution < 1.29 is 57.1 Å². The molecule has 0 bridgehead atoms. The Bertz CT molecular complexity index is 1550. The van der Waals surface area contributed by atoms with Crippen molar-refractivity contribution in [1.29, 1.82) is 0 Å². The molecule has 0 aromatic heterocycles. The topological polar surface area (TPSA) is 150 Å². The largest absolute Gasteiger partial charge is 0.490 e. The molecule has 0 radical (unpaired) electrons. The molecular weight excluding hydrogens is 672 g/mol. The Hall–Kier alpha value is -5.13. The molecular formula is C40H52O12. The predicted octanol–water partition coefficient (Wildman–Crippen LogP) is 6.25. The first-order valence-corrected chi connectivity index (χ1v) is 16.9. The van der Waals surface area contributed by atoms with Crippen molar-refractivity contribution in [3.05, 3.63) is 71.8 Å². The molecule has 0 heterocycles. The smallest absolute Gasteiger partial charge is 0.330 e. The lowest BCUT2D eigenvalue weighted by atomic mass is 9.52. The Morgan fingerprint density at radius 1 is 0.615 bits per heavy atom. The van der Waals surface area contributed by atoms with E-state index in [1.165, 1.54) is 33.5 Å². The highest BCUT2D eigenvalue weighted by atomic mass is 16.6. The van der Waals surface area contributed by atoms with E-state index >= 15 is 0 Å². The van der Waals surface area contributed by atoms with Crippen LogP contribution in [0.3, 0.4) is 0 Å². The van der Waals surface area contributed by atoms with Gasteiger partial charge >= 0.3 is 29.8 Å². The first kappa shape index (κ1) is 43.0. The van der Waals surface area contributed by atoms with Crippen LogP contribution in [0.2, 0.25) is 0 Å². The number of hydrogen-bond donors (Lipinski definition) is 0. The molecule has 0 saturated heterocycles. The Kier molecular flexibility index (Phi) is 16.6. The number of esters is 5. The van der Waals surface area contributed by atoms with Crippen LogP contribution in [0.15, 0.2) is 60.7 Å². The van der Waals surface area contributed by atoms with E-state index in [1.807, 2.05) is 27.7 Å². The van der Waals surface area contributed by atoms with Crippen molar-refractivity contribution in [1.82, 2.24) is 0 Å². The summed E-state index contributed by atoms with van der Waals surface area (Å²) in [5.74, 6) is -2.21. The first-order chi connectivity index (χ1) is 24.5. The van der Waals surface area contributed by atoms with Crippen molar-refractivity contribution in [2.24, 2.45) is 22.2 Å². The van der Waals surface area contributed by atoms with Gasteiger partial charge in [-0.15, -0.1) is 0 Å².